The number of hydrogen-bond donors (Lipinski definition) is 0. The van der Waals surface area contributed by atoms with E-state index in [1.54, 1.807) is 19.1 Å². The van der Waals surface area contributed by atoms with Gasteiger partial charge in [-0.1, -0.05) is 0 Å². The van der Waals surface area contributed by atoms with Crippen molar-refractivity contribution in [1.82, 2.24) is 0 Å². The van der Waals surface area contributed by atoms with Crippen molar-refractivity contribution in [2.45, 2.75) is 37.9 Å². The van der Waals surface area contributed by atoms with Gasteiger partial charge in [0, 0.05) is 0 Å². The molecule has 1 aliphatic carbocycles. The number of ketones is 1. The number of carbonyl (C=O) groups excluding carboxylic acids is 2. The Balaban J connectivity index is 1.91. The number of ether oxygens (including phenoxy) is 2. The lowest BCUT2D eigenvalue weighted by Crippen LogP contribution is -2.27. The highest BCUT2D eigenvalue weighted by molar-refractivity contribution is 6.00. The van der Waals surface area contributed by atoms with Gasteiger partial charge in [0.2, 0.25) is 0 Å². The van der Waals surface area contributed by atoms with Crippen LogP contribution in [0.25, 0.3) is 0 Å². The second kappa shape index (κ2) is 4.84. The highest BCUT2D eigenvalue weighted by Gasteiger charge is 2.38. The van der Waals surface area contributed by atoms with E-state index in [0.717, 1.165) is 12.8 Å². The summed E-state index contributed by atoms with van der Waals surface area (Å²) in [7, 11) is 0. The summed E-state index contributed by atoms with van der Waals surface area (Å²) in [4.78, 5) is 22.4. The van der Waals surface area contributed by atoms with Gasteiger partial charge in [0.05, 0.1) is 19.1 Å². The molecule has 0 unspecified atom stereocenters. The lowest BCUT2D eigenvalue weighted by Gasteiger charge is -2.23. The third-order valence-electron chi connectivity index (χ3n) is 3.00. The van der Waals surface area contributed by atoms with E-state index in [1.165, 1.54) is 12.2 Å². The second-order valence-corrected chi connectivity index (χ2v) is 4.31. The zero-order chi connectivity index (χ0) is 12.3. The van der Waals surface area contributed by atoms with Crippen molar-refractivity contribution in [3.8, 4) is 0 Å². The van der Waals surface area contributed by atoms with Gasteiger partial charge in [0.25, 0.3) is 0 Å². The molecule has 0 aromatic heterocycles. The fraction of sp³-hybridized carbons (Fsp3) is 0.538. The third-order valence-corrected chi connectivity index (χ3v) is 3.00. The van der Waals surface area contributed by atoms with Crippen LogP contribution in [0.1, 0.15) is 26.2 Å². The van der Waals surface area contributed by atoms with Gasteiger partial charge < -0.3 is 9.47 Å². The van der Waals surface area contributed by atoms with Crippen molar-refractivity contribution in [2.75, 3.05) is 6.61 Å². The molecule has 2 rings (SSSR count). The Morgan fingerprint density at radius 3 is 2.88 bits per heavy atom. The zero-order valence-corrected chi connectivity index (χ0v) is 9.85. The Bertz CT molecular complexity index is 365. The monoisotopic (exact) mass is 236 g/mol. The molecule has 1 fully saturated rings. The zero-order valence-electron chi connectivity index (χ0n) is 9.85. The normalized spacial score (nSPS) is 25.5. The molecule has 0 N–H and O–H groups in total. The van der Waals surface area contributed by atoms with Crippen LogP contribution in [0.3, 0.4) is 0 Å². The van der Waals surface area contributed by atoms with Gasteiger partial charge in [-0.3, -0.25) is 9.59 Å². The number of hydrogen-bond acceptors (Lipinski definition) is 4. The molecular formula is C13H16O4. The molecule has 0 aromatic rings. The summed E-state index contributed by atoms with van der Waals surface area (Å²) < 4.78 is 10.7. The molecule has 1 spiro atoms. The van der Waals surface area contributed by atoms with E-state index in [0.29, 0.717) is 6.61 Å². The minimum absolute atomic E-state index is 0.0203. The Kier molecular flexibility index (Phi) is 3.43. The maximum Gasteiger partial charge on any atom is 0.308 e. The van der Waals surface area contributed by atoms with Crippen LogP contribution in [0.2, 0.25) is 0 Å². The quantitative estimate of drug-likeness (QED) is 0.698. The smallest absolute Gasteiger partial charge is 0.308 e. The highest BCUT2D eigenvalue weighted by atomic mass is 16.5. The first kappa shape index (κ1) is 12.0. The van der Waals surface area contributed by atoms with Crippen LogP contribution < -0.4 is 0 Å². The molecule has 1 heterocycles. The van der Waals surface area contributed by atoms with Crippen molar-refractivity contribution in [2.24, 2.45) is 0 Å². The average Bonchev–Trinajstić information content (AvgIpc) is 2.67. The first-order valence-electron chi connectivity index (χ1n) is 5.89. The van der Waals surface area contributed by atoms with Gasteiger partial charge in [0.1, 0.15) is 5.60 Å². The number of esters is 1. The molecule has 0 aromatic carbocycles. The fourth-order valence-corrected chi connectivity index (χ4v) is 2.17. The van der Waals surface area contributed by atoms with Crippen LogP contribution >= 0.6 is 0 Å². The first-order chi connectivity index (χ1) is 8.13. The van der Waals surface area contributed by atoms with E-state index in [2.05, 4.69) is 0 Å². The van der Waals surface area contributed by atoms with Crippen molar-refractivity contribution in [3.05, 3.63) is 24.3 Å². The van der Waals surface area contributed by atoms with E-state index in [4.69, 9.17) is 9.47 Å². The highest BCUT2D eigenvalue weighted by Crippen LogP contribution is 2.35. The van der Waals surface area contributed by atoms with Crippen molar-refractivity contribution < 1.29 is 19.1 Å². The molecule has 2 aliphatic rings. The summed E-state index contributed by atoms with van der Waals surface area (Å²) in [6.07, 6.45) is 8.38. The van der Waals surface area contributed by atoms with Crippen LogP contribution in [0, 0.1) is 0 Å². The summed E-state index contributed by atoms with van der Waals surface area (Å²) in [5, 5.41) is 0. The molecule has 92 valence electrons. The minimum Gasteiger partial charge on any atom is -0.466 e. The van der Waals surface area contributed by atoms with Crippen molar-refractivity contribution in [3.63, 3.8) is 0 Å². The number of allylic oxidation sites excluding steroid dienone is 2. The maximum atomic E-state index is 11.3. The summed E-state index contributed by atoms with van der Waals surface area (Å²) in [5.41, 5.74) is -0.481. The standard InChI is InChI=1S/C13H16O4/c1-2-16-12(15)9-11-5-8-13(17-11)6-3-10(14)4-7-13/h3-4,6-7,11H,2,5,8-9H2,1H3/t11-/m0/s1. The predicted octanol–water partition coefficient (Wildman–Crippen LogP) is 1.55. The molecule has 1 atom stereocenters. The number of carbonyl (C=O) groups is 2. The topological polar surface area (TPSA) is 52.6 Å². The summed E-state index contributed by atoms with van der Waals surface area (Å²) in [6.45, 7) is 2.18. The largest absolute Gasteiger partial charge is 0.466 e. The van der Waals surface area contributed by atoms with E-state index in [1.807, 2.05) is 0 Å². The van der Waals surface area contributed by atoms with Gasteiger partial charge in [-0.25, -0.2) is 0 Å². The van der Waals surface area contributed by atoms with E-state index in [9.17, 15) is 9.59 Å². The first-order valence-corrected chi connectivity index (χ1v) is 5.89. The lowest BCUT2D eigenvalue weighted by atomic mass is 9.94. The van der Waals surface area contributed by atoms with Crippen LogP contribution in [-0.2, 0) is 19.1 Å². The van der Waals surface area contributed by atoms with E-state index < -0.39 is 5.60 Å². The Morgan fingerprint density at radius 1 is 1.53 bits per heavy atom. The molecule has 17 heavy (non-hydrogen) atoms. The molecule has 4 heteroatoms. The molecule has 1 aliphatic heterocycles. The van der Waals surface area contributed by atoms with Crippen LogP contribution in [-0.4, -0.2) is 30.1 Å². The van der Waals surface area contributed by atoms with Gasteiger partial charge in [-0.2, -0.15) is 0 Å². The van der Waals surface area contributed by atoms with Crippen LogP contribution in [0.4, 0.5) is 0 Å². The third kappa shape index (κ3) is 2.82. The summed E-state index contributed by atoms with van der Waals surface area (Å²) >= 11 is 0. The molecular weight excluding hydrogens is 220 g/mol. The van der Waals surface area contributed by atoms with Gasteiger partial charge in [-0.15, -0.1) is 0 Å². The van der Waals surface area contributed by atoms with Crippen LogP contribution in [0.15, 0.2) is 24.3 Å². The Labute approximate surface area is 100 Å². The van der Waals surface area contributed by atoms with E-state index in [-0.39, 0.29) is 24.3 Å². The Hall–Kier alpha value is -1.42. The average molecular weight is 236 g/mol. The lowest BCUT2D eigenvalue weighted by molar-refractivity contribution is -0.146. The van der Waals surface area contributed by atoms with Gasteiger partial charge in [-0.05, 0) is 44.1 Å². The van der Waals surface area contributed by atoms with Crippen molar-refractivity contribution in [1.29, 1.82) is 0 Å². The predicted molar refractivity (Wildman–Crippen MR) is 61.4 cm³/mol. The van der Waals surface area contributed by atoms with Crippen LogP contribution in [0.5, 0.6) is 0 Å². The SMILES string of the molecule is CCOC(=O)C[C@@H]1CCC2(C=CC(=O)C=C2)O1. The maximum absolute atomic E-state index is 11.3. The van der Waals surface area contributed by atoms with Gasteiger partial charge in [0.15, 0.2) is 5.78 Å². The molecule has 0 radical (unpaired) electrons. The molecule has 0 amide bonds. The Morgan fingerprint density at radius 2 is 2.24 bits per heavy atom. The molecule has 1 saturated heterocycles. The summed E-state index contributed by atoms with van der Waals surface area (Å²) in [6, 6.07) is 0. The molecule has 0 bridgehead atoms. The fourth-order valence-electron chi connectivity index (χ4n) is 2.17. The molecule has 4 nitrogen and oxygen atoms in total. The molecule has 0 saturated carbocycles. The minimum atomic E-state index is -0.481. The van der Waals surface area contributed by atoms with E-state index >= 15 is 0 Å². The summed E-state index contributed by atoms with van der Waals surface area (Å²) in [5.74, 6) is -0.248. The second-order valence-electron chi connectivity index (χ2n) is 4.31. The van der Waals surface area contributed by atoms with Crippen molar-refractivity contribution >= 4 is 11.8 Å². The van der Waals surface area contributed by atoms with Gasteiger partial charge >= 0.3 is 5.97 Å². The number of rotatable bonds is 3.